The Balaban J connectivity index is 2.23. The number of nitrogens with zero attached hydrogens (tertiary/aromatic N) is 3. The van der Waals surface area contributed by atoms with Gasteiger partial charge in [0.05, 0.1) is 6.07 Å². The Hall–Kier alpha value is -1.41. The monoisotopic (exact) mass is 263 g/mol. The third-order valence-corrected chi connectivity index (χ3v) is 4.14. The number of carbonyl (C=O) groups excluding carboxylic acids is 1. The van der Waals surface area contributed by atoms with Crippen molar-refractivity contribution in [3.05, 3.63) is 11.6 Å². The molecule has 0 N–H and O–H groups in total. The first-order valence-corrected chi connectivity index (χ1v) is 7.24. The lowest BCUT2D eigenvalue weighted by atomic mass is 9.93. The SMILES string of the molecule is CC(C#N)C(=O)N(c1nccs1)C1CCCCC1. The van der Waals surface area contributed by atoms with Crippen molar-refractivity contribution in [2.75, 3.05) is 4.90 Å². The molecule has 1 atom stereocenters. The van der Waals surface area contributed by atoms with Crippen LogP contribution in [-0.2, 0) is 4.79 Å². The maximum atomic E-state index is 12.3. The van der Waals surface area contributed by atoms with Gasteiger partial charge < -0.3 is 0 Å². The smallest absolute Gasteiger partial charge is 0.246 e. The second-order valence-corrected chi connectivity index (χ2v) is 5.54. The van der Waals surface area contributed by atoms with Gasteiger partial charge in [-0.2, -0.15) is 5.26 Å². The molecule has 1 unspecified atom stereocenters. The van der Waals surface area contributed by atoms with Crippen LogP contribution in [0, 0.1) is 17.2 Å². The summed E-state index contributed by atoms with van der Waals surface area (Å²) < 4.78 is 0. The zero-order valence-corrected chi connectivity index (χ0v) is 11.3. The minimum Gasteiger partial charge on any atom is -0.284 e. The predicted octanol–water partition coefficient (Wildman–Crippen LogP) is 2.97. The number of carbonyl (C=O) groups is 1. The maximum absolute atomic E-state index is 12.3. The van der Waals surface area contributed by atoms with Crippen molar-refractivity contribution in [3.8, 4) is 6.07 Å². The first kappa shape index (κ1) is 13.0. The van der Waals surface area contributed by atoms with E-state index in [4.69, 9.17) is 5.26 Å². The predicted molar refractivity (Wildman–Crippen MR) is 71.3 cm³/mol. The Morgan fingerprint density at radius 1 is 1.56 bits per heavy atom. The molecule has 96 valence electrons. The van der Waals surface area contributed by atoms with E-state index in [9.17, 15) is 4.79 Å². The van der Waals surface area contributed by atoms with Gasteiger partial charge in [0.1, 0.15) is 5.92 Å². The van der Waals surface area contributed by atoms with Gasteiger partial charge in [-0.25, -0.2) is 4.98 Å². The molecule has 5 heteroatoms. The summed E-state index contributed by atoms with van der Waals surface area (Å²) in [5.41, 5.74) is 0. The summed E-state index contributed by atoms with van der Waals surface area (Å²) >= 11 is 1.47. The molecule has 0 saturated heterocycles. The average Bonchev–Trinajstić information content (AvgIpc) is 2.93. The molecule has 1 aliphatic rings. The van der Waals surface area contributed by atoms with Crippen LogP contribution >= 0.6 is 11.3 Å². The fourth-order valence-corrected chi connectivity index (χ4v) is 3.09. The Kier molecular flexibility index (Phi) is 4.32. The molecule has 1 aromatic heterocycles. The Morgan fingerprint density at radius 2 is 2.28 bits per heavy atom. The summed E-state index contributed by atoms with van der Waals surface area (Å²) in [7, 11) is 0. The molecule has 1 aliphatic carbocycles. The lowest BCUT2D eigenvalue weighted by Crippen LogP contribution is -2.44. The van der Waals surface area contributed by atoms with Gasteiger partial charge in [-0.1, -0.05) is 19.3 Å². The second kappa shape index (κ2) is 5.96. The lowest BCUT2D eigenvalue weighted by molar-refractivity contribution is -0.121. The van der Waals surface area contributed by atoms with Crippen LogP contribution in [-0.4, -0.2) is 16.9 Å². The summed E-state index contributed by atoms with van der Waals surface area (Å²) in [6.07, 6.45) is 7.29. The number of hydrogen-bond donors (Lipinski definition) is 0. The van der Waals surface area contributed by atoms with Gasteiger partial charge in [-0.15, -0.1) is 11.3 Å². The topological polar surface area (TPSA) is 57.0 Å². The largest absolute Gasteiger partial charge is 0.284 e. The number of nitriles is 1. The van der Waals surface area contributed by atoms with Crippen molar-refractivity contribution < 1.29 is 4.79 Å². The van der Waals surface area contributed by atoms with E-state index in [1.165, 1.54) is 17.8 Å². The summed E-state index contributed by atoms with van der Waals surface area (Å²) in [5, 5.41) is 11.5. The third kappa shape index (κ3) is 2.70. The van der Waals surface area contributed by atoms with Crippen LogP contribution in [0.15, 0.2) is 11.6 Å². The summed E-state index contributed by atoms with van der Waals surface area (Å²) in [6.45, 7) is 1.66. The van der Waals surface area contributed by atoms with Gasteiger partial charge in [-0.05, 0) is 19.8 Å². The molecule has 2 rings (SSSR count). The maximum Gasteiger partial charge on any atom is 0.246 e. The highest BCUT2D eigenvalue weighted by Crippen LogP contribution is 2.29. The highest BCUT2D eigenvalue weighted by Gasteiger charge is 2.31. The zero-order valence-electron chi connectivity index (χ0n) is 10.5. The quantitative estimate of drug-likeness (QED) is 0.842. The molecule has 4 nitrogen and oxygen atoms in total. The van der Waals surface area contributed by atoms with E-state index in [0.717, 1.165) is 30.8 Å². The van der Waals surface area contributed by atoms with Crippen LogP contribution in [0.1, 0.15) is 39.0 Å². The standard InChI is InChI=1S/C13H17N3OS/c1-10(9-14)12(17)16(13-15-7-8-18-13)11-5-3-2-4-6-11/h7-8,10-11H,2-6H2,1H3. The summed E-state index contributed by atoms with van der Waals surface area (Å²) in [6, 6.07) is 2.25. The van der Waals surface area contributed by atoms with Crippen LogP contribution in [0.3, 0.4) is 0 Å². The molecule has 1 amide bonds. The van der Waals surface area contributed by atoms with E-state index in [1.807, 2.05) is 11.4 Å². The second-order valence-electron chi connectivity index (χ2n) is 4.67. The van der Waals surface area contributed by atoms with Gasteiger partial charge in [0, 0.05) is 17.6 Å². The molecule has 0 aliphatic heterocycles. The van der Waals surface area contributed by atoms with E-state index < -0.39 is 5.92 Å². The van der Waals surface area contributed by atoms with Crippen LogP contribution in [0.4, 0.5) is 5.13 Å². The van der Waals surface area contributed by atoms with Crippen molar-refractivity contribution in [1.82, 2.24) is 4.98 Å². The van der Waals surface area contributed by atoms with E-state index in [-0.39, 0.29) is 11.9 Å². The fraction of sp³-hybridized carbons (Fsp3) is 0.615. The van der Waals surface area contributed by atoms with Gasteiger partial charge in [0.15, 0.2) is 5.13 Å². The average molecular weight is 263 g/mol. The van der Waals surface area contributed by atoms with Crippen LogP contribution in [0.5, 0.6) is 0 Å². The van der Waals surface area contributed by atoms with E-state index in [1.54, 1.807) is 18.0 Å². The van der Waals surface area contributed by atoms with Crippen LogP contribution in [0.25, 0.3) is 0 Å². The minimum atomic E-state index is -0.601. The Bertz CT molecular complexity index is 432. The van der Waals surface area contributed by atoms with E-state index in [0.29, 0.717) is 0 Å². The molecule has 0 radical (unpaired) electrons. The number of amides is 1. The highest BCUT2D eigenvalue weighted by atomic mass is 32.1. The molecule has 0 aromatic carbocycles. The van der Waals surface area contributed by atoms with Gasteiger partial charge in [0.25, 0.3) is 0 Å². The van der Waals surface area contributed by atoms with E-state index in [2.05, 4.69) is 4.98 Å². The zero-order chi connectivity index (χ0) is 13.0. The minimum absolute atomic E-state index is 0.112. The molecule has 0 bridgehead atoms. The number of aromatic nitrogens is 1. The number of hydrogen-bond acceptors (Lipinski definition) is 4. The van der Waals surface area contributed by atoms with Crippen molar-refractivity contribution in [1.29, 1.82) is 5.26 Å². The molecule has 1 fully saturated rings. The molecule has 18 heavy (non-hydrogen) atoms. The Labute approximate surface area is 111 Å². The fourth-order valence-electron chi connectivity index (χ4n) is 2.37. The van der Waals surface area contributed by atoms with Gasteiger partial charge in [-0.3, -0.25) is 9.69 Å². The summed E-state index contributed by atoms with van der Waals surface area (Å²) in [4.78, 5) is 18.3. The Morgan fingerprint density at radius 3 is 2.83 bits per heavy atom. The molecule has 1 saturated carbocycles. The van der Waals surface area contributed by atoms with E-state index >= 15 is 0 Å². The van der Waals surface area contributed by atoms with Crippen molar-refractivity contribution in [2.24, 2.45) is 5.92 Å². The van der Waals surface area contributed by atoms with Gasteiger partial charge in [0.2, 0.25) is 5.91 Å². The van der Waals surface area contributed by atoms with Crippen molar-refractivity contribution >= 4 is 22.4 Å². The molecule has 0 spiro atoms. The summed E-state index contributed by atoms with van der Waals surface area (Å²) in [5.74, 6) is -0.713. The number of thiazole rings is 1. The lowest BCUT2D eigenvalue weighted by Gasteiger charge is -2.33. The third-order valence-electron chi connectivity index (χ3n) is 3.37. The molecular weight excluding hydrogens is 246 g/mol. The highest BCUT2D eigenvalue weighted by molar-refractivity contribution is 7.13. The number of anilines is 1. The van der Waals surface area contributed by atoms with Crippen molar-refractivity contribution in [3.63, 3.8) is 0 Å². The molecule has 1 aromatic rings. The van der Waals surface area contributed by atoms with Crippen LogP contribution in [0.2, 0.25) is 0 Å². The van der Waals surface area contributed by atoms with Crippen LogP contribution < -0.4 is 4.90 Å². The first-order valence-electron chi connectivity index (χ1n) is 6.36. The number of rotatable bonds is 3. The molecule has 1 heterocycles. The first-order chi connectivity index (χ1) is 8.74. The van der Waals surface area contributed by atoms with Crippen molar-refractivity contribution in [2.45, 2.75) is 45.1 Å². The van der Waals surface area contributed by atoms with Gasteiger partial charge >= 0.3 is 0 Å². The normalized spacial score (nSPS) is 18.0. The molecular formula is C13H17N3OS.